The summed E-state index contributed by atoms with van der Waals surface area (Å²) in [4.78, 5) is 26.8. The van der Waals surface area contributed by atoms with Gasteiger partial charge in [-0.05, 0) is 61.6 Å². The van der Waals surface area contributed by atoms with Crippen LogP contribution in [-0.2, 0) is 9.59 Å². The van der Waals surface area contributed by atoms with Crippen molar-refractivity contribution in [1.82, 2.24) is 0 Å². The summed E-state index contributed by atoms with van der Waals surface area (Å²) in [5.41, 5.74) is 0.637. The topological polar surface area (TPSA) is 46.6 Å². The molecule has 4 nitrogen and oxygen atoms in total. The molecular weight excluding hydrogens is 314 g/mol. The normalized spacial score (nSPS) is 25.8. The van der Waals surface area contributed by atoms with E-state index in [0.29, 0.717) is 17.4 Å². The number of nitrogens with zero attached hydrogens (tertiary/aromatic N) is 1. The minimum absolute atomic E-state index is 0.0429. The highest BCUT2D eigenvalue weighted by Crippen LogP contribution is 2.42. The molecule has 1 heterocycles. The van der Waals surface area contributed by atoms with Gasteiger partial charge in [-0.1, -0.05) is 25.1 Å². The van der Waals surface area contributed by atoms with Crippen molar-refractivity contribution in [1.29, 1.82) is 0 Å². The number of amides is 2. The molecule has 4 heteroatoms. The summed E-state index contributed by atoms with van der Waals surface area (Å²) < 4.78 is 5.77. The molecule has 0 bridgehead atoms. The molecule has 2 aromatic carbocycles. The SMILES string of the molecule is C[C@@H]1CC[C@H]2C(=O)N(c3ccc(Oc4ccccc4)cc3)C(=O)[C@@H]2C1. The lowest BCUT2D eigenvalue weighted by atomic mass is 9.76. The van der Waals surface area contributed by atoms with Crippen LogP contribution in [0.25, 0.3) is 0 Å². The Morgan fingerprint density at radius 2 is 1.48 bits per heavy atom. The van der Waals surface area contributed by atoms with Crippen LogP contribution < -0.4 is 9.64 Å². The first-order chi connectivity index (χ1) is 12.1. The predicted molar refractivity (Wildman–Crippen MR) is 95.4 cm³/mol. The van der Waals surface area contributed by atoms with Crippen LogP contribution in [-0.4, -0.2) is 11.8 Å². The third-order valence-corrected chi connectivity index (χ3v) is 5.26. The lowest BCUT2D eigenvalue weighted by Gasteiger charge is -2.25. The van der Waals surface area contributed by atoms with Crippen LogP contribution in [0.1, 0.15) is 26.2 Å². The van der Waals surface area contributed by atoms with Gasteiger partial charge in [0, 0.05) is 0 Å². The first-order valence-electron chi connectivity index (χ1n) is 8.84. The molecule has 0 N–H and O–H groups in total. The zero-order valence-electron chi connectivity index (χ0n) is 14.2. The maximum Gasteiger partial charge on any atom is 0.237 e. The predicted octanol–water partition coefficient (Wildman–Crippen LogP) is 4.40. The van der Waals surface area contributed by atoms with Crippen LogP contribution in [0.2, 0.25) is 0 Å². The van der Waals surface area contributed by atoms with Crippen molar-refractivity contribution in [2.24, 2.45) is 17.8 Å². The molecule has 25 heavy (non-hydrogen) atoms. The lowest BCUT2D eigenvalue weighted by Crippen LogP contribution is -2.30. The van der Waals surface area contributed by atoms with Gasteiger partial charge in [0.15, 0.2) is 0 Å². The Balaban J connectivity index is 1.54. The Labute approximate surface area is 147 Å². The van der Waals surface area contributed by atoms with E-state index in [2.05, 4.69) is 6.92 Å². The zero-order valence-corrected chi connectivity index (χ0v) is 14.2. The minimum Gasteiger partial charge on any atom is -0.457 e. The van der Waals surface area contributed by atoms with E-state index in [1.54, 1.807) is 24.3 Å². The van der Waals surface area contributed by atoms with Gasteiger partial charge in [0.1, 0.15) is 11.5 Å². The summed E-state index contributed by atoms with van der Waals surface area (Å²) in [5, 5.41) is 0. The summed E-state index contributed by atoms with van der Waals surface area (Å²) in [7, 11) is 0. The molecule has 0 aromatic heterocycles. The first kappa shape index (κ1) is 15.9. The summed E-state index contributed by atoms with van der Waals surface area (Å²) >= 11 is 0. The second-order valence-electron chi connectivity index (χ2n) is 7.05. The van der Waals surface area contributed by atoms with Crippen molar-refractivity contribution >= 4 is 17.5 Å². The average Bonchev–Trinajstić information content (AvgIpc) is 2.87. The maximum absolute atomic E-state index is 12.7. The van der Waals surface area contributed by atoms with Crippen LogP contribution in [0, 0.1) is 17.8 Å². The van der Waals surface area contributed by atoms with Gasteiger partial charge >= 0.3 is 0 Å². The number of anilines is 1. The minimum atomic E-state index is -0.142. The molecule has 2 aliphatic rings. The number of rotatable bonds is 3. The summed E-state index contributed by atoms with van der Waals surface area (Å²) in [6.45, 7) is 2.16. The molecule has 1 saturated heterocycles. The quantitative estimate of drug-likeness (QED) is 0.781. The molecule has 128 valence electrons. The number of ether oxygens (including phenoxy) is 1. The summed E-state index contributed by atoms with van der Waals surface area (Å²) in [6, 6.07) is 16.7. The highest BCUT2D eigenvalue weighted by molar-refractivity contribution is 6.22. The molecule has 0 radical (unpaired) electrons. The van der Waals surface area contributed by atoms with E-state index >= 15 is 0 Å². The van der Waals surface area contributed by atoms with E-state index in [1.807, 2.05) is 30.3 Å². The number of carbonyl (C=O) groups is 2. The smallest absolute Gasteiger partial charge is 0.237 e. The molecule has 2 fully saturated rings. The van der Waals surface area contributed by atoms with E-state index in [-0.39, 0.29) is 23.7 Å². The van der Waals surface area contributed by atoms with Gasteiger partial charge in [0.2, 0.25) is 11.8 Å². The molecule has 2 amide bonds. The van der Waals surface area contributed by atoms with Gasteiger partial charge in [-0.3, -0.25) is 14.5 Å². The third-order valence-electron chi connectivity index (χ3n) is 5.26. The number of hydrogen-bond donors (Lipinski definition) is 0. The van der Waals surface area contributed by atoms with Crippen molar-refractivity contribution < 1.29 is 14.3 Å². The van der Waals surface area contributed by atoms with E-state index in [1.165, 1.54) is 4.90 Å². The number of hydrogen-bond acceptors (Lipinski definition) is 3. The second kappa shape index (κ2) is 6.36. The molecule has 3 atom stereocenters. The Kier molecular flexibility index (Phi) is 4.04. The highest BCUT2D eigenvalue weighted by atomic mass is 16.5. The number of benzene rings is 2. The molecular formula is C21H21NO3. The monoisotopic (exact) mass is 335 g/mol. The highest BCUT2D eigenvalue weighted by Gasteiger charge is 2.49. The van der Waals surface area contributed by atoms with Gasteiger partial charge in [0.05, 0.1) is 17.5 Å². The van der Waals surface area contributed by atoms with Gasteiger partial charge in [0.25, 0.3) is 0 Å². The first-order valence-corrected chi connectivity index (χ1v) is 8.84. The molecule has 0 unspecified atom stereocenters. The van der Waals surface area contributed by atoms with Crippen LogP contribution >= 0.6 is 0 Å². The van der Waals surface area contributed by atoms with Gasteiger partial charge in [-0.2, -0.15) is 0 Å². The Hall–Kier alpha value is -2.62. The molecule has 0 spiro atoms. The van der Waals surface area contributed by atoms with Gasteiger partial charge < -0.3 is 4.74 Å². The molecule has 4 rings (SSSR count). The van der Waals surface area contributed by atoms with Crippen molar-refractivity contribution in [3.63, 3.8) is 0 Å². The number of carbonyl (C=O) groups excluding carboxylic acids is 2. The average molecular weight is 335 g/mol. The summed E-state index contributed by atoms with van der Waals surface area (Å²) in [6.07, 6.45) is 2.67. The molecule has 1 aliphatic carbocycles. The second-order valence-corrected chi connectivity index (χ2v) is 7.05. The third kappa shape index (κ3) is 2.93. The van der Waals surface area contributed by atoms with Crippen molar-refractivity contribution in [3.8, 4) is 11.5 Å². The Morgan fingerprint density at radius 3 is 2.20 bits per heavy atom. The number of imide groups is 1. The maximum atomic E-state index is 12.7. The number of para-hydroxylation sites is 1. The lowest BCUT2D eigenvalue weighted by molar-refractivity contribution is -0.122. The largest absolute Gasteiger partial charge is 0.457 e. The Bertz CT molecular complexity index is 785. The van der Waals surface area contributed by atoms with Crippen LogP contribution in [0.3, 0.4) is 0 Å². The fraction of sp³-hybridized carbons (Fsp3) is 0.333. The van der Waals surface area contributed by atoms with Gasteiger partial charge in [-0.25, -0.2) is 0 Å². The molecule has 1 saturated carbocycles. The van der Waals surface area contributed by atoms with Crippen LogP contribution in [0.15, 0.2) is 54.6 Å². The summed E-state index contributed by atoms with van der Waals surface area (Å²) in [5.74, 6) is 1.58. The fourth-order valence-corrected chi connectivity index (χ4v) is 3.93. The van der Waals surface area contributed by atoms with E-state index < -0.39 is 0 Å². The van der Waals surface area contributed by atoms with Crippen LogP contribution in [0.5, 0.6) is 11.5 Å². The van der Waals surface area contributed by atoms with Gasteiger partial charge in [-0.15, -0.1) is 0 Å². The molecule has 2 aromatic rings. The van der Waals surface area contributed by atoms with E-state index in [9.17, 15) is 9.59 Å². The van der Waals surface area contributed by atoms with E-state index in [4.69, 9.17) is 4.74 Å². The van der Waals surface area contributed by atoms with E-state index in [0.717, 1.165) is 25.0 Å². The van der Waals surface area contributed by atoms with Crippen molar-refractivity contribution in [2.45, 2.75) is 26.2 Å². The van der Waals surface area contributed by atoms with Crippen LogP contribution in [0.4, 0.5) is 5.69 Å². The van der Waals surface area contributed by atoms with Crippen molar-refractivity contribution in [2.75, 3.05) is 4.90 Å². The number of fused-ring (bicyclic) bond motifs is 1. The zero-order chi connectivity index (χ0) is 17.4. The fourth-order valence-electron chi connectivity index (χ4n) is 3.93. The standard InChI is InChI=1S/C21H21NO3/c1-14-7-12-18-19(13-14)21(24)22(20(18)23)15-8-10-17(11-9-15)25-16-5-3-2-4-6-16/h2-6,8-11,14,18-19H,7,12-13H2,1H3/t14-,18-,19-/m1/s1. The Morgan fingerprint density at radius 1 is 0.840 bits per heavy atom. The van der Waals surface area contributed by atoms with Crippen molar-refractivity contribution in [3.05, 3.63) is 54.6 Å². The molecule has 1 aliphatic heterocycles.